The largest absolute Gasteiger partial charge is 1.00 e. The van der Waals surface area contributed by atoms with Crippen molar-refractivity contribution in [1.82, 2.24) is 0 Å². The van der Waals surface area contributed by atoms with E-state index >= 15 is 0 Å². The van der Waals surface area contributed by atoms with E-state index in [1.54, 1.807) is 0 Å². The predicted octanol–water partition coefficient (Wildman–Crippen LogP) is -14.4. The molecular formula is C6H12Li3O15P3. The third kappa shape index (κ3) is 11.3. The van der Waals surface area contributed by atoms with Gasteiger partial charge in [-0.15, -0.1) is 0 Å². The molecule has 21 heteroatoms. The summed E-state index contributed by atoms with van der Waals surface area (Å²) in [5.74, 6) is 0. The fourth-order valence-electron chi connectivity index (χ4n) is 2.00. The number of hydrogen-bond donors (Lipinski definition) is 6. The van der Waals surface area contributed by atoms with E-state index in [2.05, 4.69) is 13.6 Å². The molecule has 0 heterocycles. The Bertz CT molecular complexity index is 587. The maximum atomic E-state index is 10.8. The second-order valence-corrected chi connectivity index (χ2v) is 8.03. The molecule has 0 amide bonds. The van der Waals surface area contributed by atoms with E-state index in [0.29, 0.717) is 0 Å². The number of phosphoric acid groups is 3. The van der Waals surface area contributed by atoms with Crippen LogP contribution in [0.15, 0.2) is 0 Å². The average Bonchev–Trinajstić information content (AvgIpc) is 2.32. The molecule has 0 saturated heterocycles. The summed E-state index contributed by atoms with van der Waals surface area (Å²) in [4.78, 5) is 58.0. The summed E-state index contributed by atoms with van der Waals surface area (Å²) >= 11 is 0. The third-order valence-corrected chi connectivity index (χ3v) is 4.31. The van der Waals surface area contributed by atoms with Crippen LogP contribution >= 0.6 is 23.5 Å². The Morgan fingerprint density at radius 2 is 0.778 bits per heavy atom. The Hall–Kier alpha value is 2.00. The van der Waals surface area contributed by atoms with Crippen molar-refractivity contribution in [3.63, 3.8) is 0 Å². The molecule has 6 N–H and O–H groups in total. The summed E-state index contributed by atoms with van der Waals surface area (Å²) in [5.41, 5.74) is 0. The molecule has 1 aliphatic carbocycles. The number of phosphoric ester groups is 3. The molecule has 27 heavy (non-hydrogen) atoms. The first-order valence-electron chi connectivity index (χ1n) is 5.72. The molecule has 1 fully saturated rings. The molecule has 0 spiro atoms. The summed E-state index contributed by atoms with van der Waals surface area (Å²) in [7, 11) is -17.0. The molecule has 1 rings (SSSR count). The van der Waals surface area contributed by atoms with Crippen LogP contribution in [0.25, 0.3) is 0 Å². The van der Waals surface area contributed by atoms with Gasteiger partial charge in [-0.2, -0.15) is 0 Å². The van der Waals surface area contributed by atoms with Crippen molar-refractivity contribution in [2.75, 3.05) is 0 Å². The van der Waals surface area contributed by atoms with Crippen molar-refractivity contribution < 1.29 is 129 Å². The molecule has 9 atom stereocenters. The van der Waals surface area contributed by atoms with Gasteiger partial charge in [0.2, 0.25) is 0 Å². The Balaban J connectivity index is -0.00000192. The van der Waals surface area contributed by atoms with Crippen LogP contribution in [-0.4, -0.2) is 66.6 Å². The smallest absolute Gasteiger partial charge is 0.756 e. The summed E-state index contributed by atoms with van der Waals surface area (Å²) in [6, 6.07) is 0. The number of aliphatic hydroxyl groups is 3. The van der Waals surface area contributed by atoms with Gasteiger partial charge in [0.15, 0.2) is 0 Å². The van der Waals surface area contributed by atoms with Gasteiger partial charge in [0.05, 0.1) is 0 Å². The van der Waals surface area contributed by atoms with E-state index in [1.807, 2.05) is 0 Å². The van der Waals surface area contributed by atoms with E-state index in [-0.39, 0.29) is 56.6 Å². The zero-order valence-electron chi connectivity index (χ0n) is 14.2. The zero-order chi connectivity index (χ0) is 19.1. The summed E-state index contributed by atoms with van der Waals surface area (Å²) < 4.78 is 43.9. The number of rotatable bonds is 6. The van der Waals surface area contributed by atoms with Crippen molar-refractivity contribution >= 4 is 23.5 Å². The van der Waals surface area contributed by atoms with Gasteiger partial charge in [-0.1, -0.05) is 0 Å². The molecule has 0 bridgehead atoms. The zero-order valence-corrected chi connectivity index (χ0v) is 16.8. The van der Waals surface area contributed by atoms with Gasteiger partial charge in [-0.25, -0.2) is 0 Å². The minimum absolute atomic E-state index is 0. The Morgan fingerprint density at radius 1 is 0.556 bits per heavy atom. The fourth-order valence-corrected chi connectivity index (χ4v) is 3.66. The summed E-state index contributed by atoms with van der Waals surface area (Å²) in [6.07, 6.45) is -15.0. The van der Waals surface area contributed by atoms with Crippen LogP contribution < -0.4 is 71.3 Å². The Morgan fingerprint density at radius 3 is 1.07 bits per heavy atom. The van der Waals surface area contributed by atoms with Gasteiger partial charge in [-0.3, -0.25) is 13.7 Å². The molecule has 15 nitrogen and oxygen atoms in total. The summed E-state index contributed by atoms with van der Waals surface area (Å²) in [5, 5.41) is 29.1. The van der Waals surface area contributed by atoms with Crippen LogP contribution in [0.3, 0.4) is 0 Å². The maximum Gasteiger partial charge on any atom is 1.00 e. The molecule has 0 aromatic heterocycles. The minimum Gasteiger partial charge on any atom is -0.756 e. The van der Waals surface area contributed by atoms with Crippen molar-refractivity contribution in [2.45, 2.75) is 36.6 Å². The van der Waals surface area contributed by atoms with Crippen LogP contribution in [0.1, 0.15) is 0 Å². The molecule has 0 radical (unpaired) electrons. The van der Waals surface area contributed by atoms with E-state index < -0.39 is 60.1 Å². The van der Waals surface area contributed by atoms with Crippen LogP contribution in [0.2, 0.25) is 0 Å². The SMILES string of the molecule is O=P([O-])(O)O[C@@H]1[C@H](O)[C@H](O)[C@@H](OP(=O)([O-])O)[C@H](OP(=O)([O-])O)[C@H]1O.[Li+].[Li+].[Li+]. The maximum absolute atomic E-state index is 10.8. The first-order chi connectivity index (χ1) is 10.5. The molecule has 144 valence electrons. The molecule has 0 aliphatic heterocycles. The number of hydrogen-bond acceptors (Lipinski definition) is 12. The van der Waals surface area contributed by atoms with Crippen LogP contribution in [-0.2, 0) is 27.3 Å². The monoisotopic (exact) mass is 438 g/mol. The fraction of sp³-hybridized carbons (Fsp3) is 1.00. The van der Waals surface area contributed by atoms with Crippen molar-refractivity contribution in [2.24, 2.45) is 0 Å². The molecule has 3 unspecified atom stereocenters. The first kappa shape index (κ1) is 33.6. The van der Waals surface area contributed by atoms with Gasteiger partial charge in [0.1, 0.15) is 36.6 Å². The van der Waals surface area contributed by atoms with Gasteiger partial charge in [0, 0.05) is 0 Å². The number of aliphatic hydroxyl groups excluding tert-OH is 3. The molecule has 0 aromatic rings. The van der Waals surface area contributed by atoms with Gasteiger partial charge < -0.3 is 58.3 Å². The standard InChI is InChI=1S/C6H15O15P3.3Li/c7-1-2(8)5(20-23(13,14)15)6(21-24(16,17)18)3(9)4(1)19-22(10,11)12;;;/h1-9H,(H2,10,11,12)(H2,13,14,15)(H2,16,17,18);;;/q;3*+1/p-3/t1-,2+,3+,4-,5-,6-;;;/m1.../s1. The molecule has 1 aliphatic rings. The minimum atomic E-state index is -5.72. The Labute approximate surface area is 188 Å². The predicted molar refractivity (Wildman–Crippen MR) is 62.1 cm³/mol. The van der Waals surface area contributed by atoms with Crippen molar-refractivity contribution in [3.8, 4) is 0 Å². The average molecular weight is 438 g/mol. The van der Waals surface area contributed by atoms with E-state index in [0.717, 1.165) is 0 Å². The van der Waals surface area contributed by atoms with E-state index in [4.69, 9.17) is 14.7 Å². The third-order valence-electron chi connectivity index (χ3n) is 2.78. The van der Waals surface area contributed by atoms with Crippen LogP contribution in [0.4, 0.5) is 0 Å². The summed E-state index contributed by atoms with van der Waals surface area (Å²) in [6.45, 7) is 0. The molecule has 1 saturated carbocycles. The molecular weight excluding hydrogens is 426 g/mol. The van der Waals surface area contributed by atoms with E-state index in [1.165, 1.54) is 0 Å². The van der Waals surface area contributed by atoms with Gasteiger partial charge in [0.25, 0.3) is 23.5 Å². The van der Waals surface area contributed by atoms with Crippen molar-refractivity contribution in [3.05, 3.63) is 0 Å². The Kier molecular flexibility index (Phi) is 15.1. The van der Waals surface area contributed by atoms with Crippen LogP contribution in [0.5, 0.6) is 0 Å². The second-order valence-electron chi connectivity index (χ2n) is 4.59. The second kappa shape index (κ2) is 12.1. The normalized spacial score (nSPS) is 37.2. The van der Waals surface area contributed by atoms with E-state index in [9.17, 15) is 43.7 Å². The topological polar surface area (TPSA) is 269 Å². The first-order valence-corrected chi connectivity index (χ1v) is 10.2. The van der Waals surface area contributed by atoms with Gasteiger partial charge in [-0.05, 0) is 0 Å². The van der Waals surface area contributed by atoms with Crippen LogP contribution in [0, 0.1) is 0 Å². The molecule has 0 aromatic carbocycles. The van der Waals surface area contributed by atoms with Gasteiger partial charge >= 0.3 is 56.6 Å². The quantitative estimate of drug-likeness (QED) is 0.166. The van der Waals surface area contributed by atoms with Crippen molar-refractivity contribution in [1.29, 1.82) is 0 Å².